The van der Waals surface area contributed by atoms with E-state index in [9.17, 15) is 23.5 Å². The van der Waals surface area contributed by atoms with Crippen molar-refractivity contribution in [2.24, 2.45) is 0 Å². The van der Waals surface area contributed by atoms with Crippen LogP contribution < -0.4 is 16.2 Å². The van der Waals surface area contributed by atoms with Gasteiger partial charge in [-0.1, -0.05) is 31.2 Å². The van der Waals surface area contributed by atoms with Crippen LogP contribution >= 0.6 is 0 Å². The van der Waals surface area contributed by atoms with Crippen LogP contribution in [0.25, 0.3) is 5.78 Å². The Morgan fingerprint density at radius 2 is 1.84 bits per heavy atom. The van der Waals surface area contributed by atoms with E-state index in [1.807, 2.05) is 18.2 Å². The minimum atomic E-state index is -1.08. The number of amides is 1. The Hall–Kier alpha value is -3.96. The molecule has 2 aromatic heterocycles. The number of aryl methyl sites for hydroxylation is 2. The van der Waals surface area contributed by atoms with Gasteiger partial charge < -0.3 is 15.7 Å². The lowest BCUT2D eigenvalue weighted by atomic mass is 10.00. The highest BCUT2D eigenvalue weighted by Gasteiger charge is 2.24. The van der Waals surface area contributed by atoms with Gasteiger partial charge in [0.15, 0.2) is 0 Å². The van der Waals surface area contributed by atoms with E-state index in [0.29, 0.717) is 12.2 Å². The van der Waals surface area contributed by atoms with Gasteiger partial charge in [0.05, 0.1) is 18.6 Å². The van der Waals surface area contributed by atoms with Gasteiger partial charge in [0.2, 0.25) is 11.7 Å². The number of hydrogen-bond donors (Lipinski definition) is 4. The molecule has 0 unspecified atom stereocenters. The van der Waals surface area contributed by atoms with Crippen molar-refractivity contribution in [1.82, 2.24) is 30.2 Å². The number of H-pyrrole nitrogens is 1. The zero-order valence-corrected chi connectivity index (χ0v) is 21.2. The number of aliphatic hydroxyl groups excluding tert-OH is 1. The Morgan fingerprint density at radius 3 is 2.58 bits per heavy atom. The van der Waals surface area contributed by atoms with E-state index in [1.165, 1.54) is 16.0 Å². The van der Waals surface area contributed by atoms with Crippen LogP contribution in [0.4, 0.5) is 8.78 Å². The Labute approximate surface area is 217 Å². The predicted molar refractivity (Wildman–Crippen MR) is 138 cm³/mol. The van der Waals surface area contributed by atoms with Crippen LogP contribution in [0.1, 0.15) is 35.1 Å². The highest BCUT2D eigenvalue weighted by molar-refractivity contribution is 5.78. The topological polar surface area (TPSA) is 124 Å². The molecule has 0 aliphatic carbocycles. The van der Waals surface area contributed by atoms with Crippen LogP contribution in [0.3, 0.4) is 0 Å². The third-order valence-electron chi connectivity index (χ3n) is 6.18. The number of aromatic amines is 1. The molecule has 2 heterocycles. The second-order valence-corrected chi connectivity index (χ2v) is 9.24. The van der Waals surface area contributed by atoms with E-state index in [4.69, 9.17) is 0 Å². The molecule has 4 aromatic rings. The molecule has 200 valence electrons. The summed E-state index contributed by atoms with van der Waals surface area (Å²) in [7, 11) is 0. The number of aliphatic hydroxyl groups is 1. The summed E-state index contributed by atoms with van der Waals surface area (Å²) in [5.74, 6) is -1.67. The van der Waals surface area contributed by atoms with Crippen molar-refractivity contribution in [3.8, 4) is 0 Å². The Bertz CT molecular complexity index is 1470. The van der Waals surface area contributed by atoms with Crippen LogP contribution in [-0.4, -0.2) is 49.3 Å². The largest absolute Gasteiger partial charge is 0.390 e. The molecular formula is C27H30F2N6O3. The normalized spacial score (nSPS) is 13.0. The molecule has 0 bridgehead atoms. The van der Waals surface area contributed by atoms with Gasteiger partial charge in [-0.15, -0.1) is 0 Å². The van der Waals surface area contributed by atoms with Crippen LogP contribution in [0.5, 0.6) is 0 Å². The van der Waals surface area contributed by atoms with Crippen molar-refractivity contribution in [3.63, 3.8) is 0 Å². The van der Waals surface area contributed by atoms with Crippen LogP contribution in [-0.2, 0) is 30.6 Å². The molecule has 0 fully saturated rings. The number of hydrogen-bond acceptors (Lipinski definition) is 6. The molecule has 9 nitrogen and oxygen atoms in total. The van der Waals surface area contributed by atoms with E-state index in [0.717, 1.165) is 30.2 Å². The smallest absolute Gasteiger partial charge is 0.260 e. The zero-order chi connectivity index (χ0) is 27.2. The second kappa shape index (κ2) is 12.1. The second-order valence-electron chi connectivity index (χ2n) is 9.24. The molecular weight excluding hydrogens is 494 g/mol. The molecule has 0 saturated carbocycles. The zero-order valence-electron chi connectivity index (χ0n) is 21.2. The van der Waals surface area contributed by atoms with Crippen molar-refractivity contribution < 1.29 is 18.7 Å². The summed E-state index contributed by atoms with van der Waals surface area (Å²) in [5, 5.41) is 23.5. The molecule has 0 aliphatic heterocycles. The highest BCUT2D eigenvalue weighted by Crippen LogP contribution is 2.13. The standard InChI is InChI=1S/C27H30F2N6O3/c1-3-17-5-4-6-18(8-17)14-30-15-23(36)22(11-19-9-20(28)12-21(29)10-19)32-25(37)13-24-33-34-27-31-16(2)7-26(38)35(24)27/h4-10,12,22-23,30,36H,3,11,13-15H2,1-2H3,(H,31,34)(H,32,37)/t22-,23+/m0/s1. The van der Waals surface area contributed by atoms with E-state index >= 15 is 0 Å². The summed E-state index contributed by atoms with van der Waals surface area (Å²) in [5.41, 5.74) is 2.65. The van der Waals surface area contributed by atoms with Gasteiger partial charge in [0.25, 0.3) is 5.56 Å². The lowest BCUT2D eigenvalue weighted by Crippen LogP contribution is -2.49. The van der Waals surface area contributed by atoms with E-state index in [2.05, 4.69) is 38.8 Å². The van der Waals surface area contributed by atoms with Gasteiger partial charge in [0, 0.05) is 30.9 Å². The number of aromatic nitrogens is 4. The maximum absolute atomic E-state index is 13.8. The minimum Gasteiger partial charge on any atom is -0.390 e. The van der Waals surface area contributed by atoms with Gasteiger partial charge in [-0.3, -0.25) is 9.59 Å². The van der Waals surface area contributed by atoms with E-state index < -0.39 is 29.7 Å². The number of fused-ring (bicyclic) bond motifs is 1. The van der Waals surface area contributed by atoms with Gasteiger partial charge in [0.1, 0.15) is 17.5 Å². The molecule has 2 aromatic carbocycles. The first-order chi connectivity index (χ1) is 18.2. The summed E-state index contributed by atoms with van der Waals surface area (Å²) in [6.45, 7) is 4.35. The van der Waals surface area contributed by atoms with Gasteiger partial charge >= 0.3 is 0 Å². The Balaban J connectivity index is 1.47. The third kappa shape index (κ3) is 6.87. The van der Waals surface area contributed by atoms with Gasteiger partial charge in [-0.05, 0) is 48.6 Å². The van der Waals surface area contributed by atoms with Crippen molar-refractivity contribution in [1.29, 1.82) is 0 Å². The van der Waals surface area contributed by atoms with Crippen molar-refractivity contribution >= 4 is 11.7 Å². The number of rotatable bonds is 11. The predicted octanol–water partition coefficient (Wildman–Crippen LogP) is 1.99. The van der Waals surface area contributed by atoms with E-state index in [-0.39, 0.29) is 42.1 Å². The quantitative estimate of drug-likeness (QED) is 0.238. The molecule has 0 saturated heterocycles. The molecule has 0 radical (unpaired) electrons. The summed E-state index contributed by atoms with van der Waals surface area (Å²) in [4.78, 5) is 29.5. The first-order valence-corrected chi connectivity index (χ1v) is 12.4. The van der Waals surface area contributed by atoms with Crippen LogP contribution in [0, 0.1) is 18.6 Å². The summed E-state index contributed by atoms with van der Waals surface area (Å²) in [6.07, 6.45) is -0.469. The maximum atomic E-state index is 13.8. The van der Waals surface area contributed by atoms with Crippen molar-refractivity contribution in [3.05, 3.63) is 98.7 Å². The molecule has 0 aliphatic rings. The molecule has 4 rings (SSSR count). The molecule has 1 amide bonds. The van der Waals surface area contributed by atoms with Crippen LogP contribution in [0.2, 0.25) is 0 Å². The lowest BCUT2D eigenvalue weighted by molar-refractivity contribution is -0.122. The number of carbonyl (C=O) groups is 1. The molecule has 2 atom stereocenters. The SMILES string of the molecule is CCc1cccc(CNC[C@@H](O)[C@H](Cc2cc(F)cc(F)c2)NC(=O)Cc2n[nH]c3nc(C)cc(=O)n23)c1. The number of benzene rings is 2. The molecule has 4 N–H and O–H groups in total. The highest BCUT2D eigenvalue weighted by atomic mass is 19.1. The van der Waals surface area contributed by atoms with Gasteiger partial charge in [-0.25, -0.2) is 23.3 Å². The summed E-state index contributed by atoms with van der Waals surface area (Å²) < 4.78 is 28.8. The average Bonchev–Trinajstić information content (AvgIpc) is 3.25. The molecule has 38 heavy (non-hydrogen) atoms. The number of nitrogens with zero attached hydrogens (tertiary/aromatic N) is 3. The number of nitrogens with one attached hydrogen (secondary N) is 3. The Morgan fingerprint density at radius 1 is 1.11 bits per heavy atom. The fourth-order valence-electron chi connectivity index (χ4n) is 4.34. The number of halogens is 2. The minimum absolute atomic E-state index is 0.0173. The molecule has 11 heteroatoms. The van der Waals surface area contributed by atoms with Crippen molar-refractivity contribution in [2.75, 3.05) is 6.54 Å². The Kier molecular flexibility index (Phi) is 8.59. The molecule has 0 spiro atoms. The number of carbonyl (C=O) groups excluding carboxylic acids is 1. The average molecular weight is 525 g/mol. The third-order valence-corrected chi connectivity index (χ3v) is 6.18. The monoisotopic (exact) mass is 524 g/mol. The summed E-state index contributed by atoms with van der Waals surface area (Å²) >= 11 is 0. The van der Waals surface area contributed by atoms with Gasteiger partial charge in [-0.2, -0.15) is 5.10 Å². The fraction of sp³-hybridized carbons (Fsp3) is 0.333. The summed E-state index contributed by atoms with van der Waals surface area (Å²) in [6, 6.07) is 11.6. The van der Waals surface area contributed by atoms with E-state index in [1.54, 1.807) is 6.92 Å². The maximum Gasteiger partial charge on any atom is 0.260 e. The first-order valence-electron chi connectivity index (χ1n) is 12.4. The fourth-order valence-corrected chi connectivity index (χ4v) is 4.34. The van der Waals surface area contributed by atoms with Crippen LogP contribution in [0.15, 0.2) is 53.3 Å². The first kappa shape index (κ1) is 27.1. The lowest BCUT2D eigenvalue weighted by Gasteiger charge is -2.25. The van der Waals surface area contributed by atoms with Crippen molar-refractivity contribution in [2.45, 2.75) is 51.8 Å².